The van der Waals surface area contributed by atoms with Gasteiger partial charge in [-0.2, -0.15) is 0 Å². The van der Waals surface area contributed by atoms with E-state index in [9.17, 15) is 23.1 Å². The van der Waals surface area contributed by atoms with Crippen LogP contribution in [0.2, 0.25) is 0 Å². The predicted octanol–water partition coefficient (Wildman–Crippen LogP) is 2.49. The maximum Gasteiger partial charge on any atom is 0.326 e. The standard InChI is InChI=1S/C19H20N2O5S/c1-13-7-9-15(10-8-13)20-27(25,26)16-5-2-4-14(12-16)18(22)21-11-3-6-17(21)19(23)24/h2,4-5,7-10,12,17,20H,3,6,11H2,1H3,(H,23,24)/t17-/m1/s1. The Morgan fingerprint density at radius 2 is 1.85 bits per heavy atom. The minimum absolute atomic E-state index is 0.0556. The fourth-order valence-electron chi connectivity index (χ4n) is 3.06. The normalized spacial score (nSPS) is 16.9. The lowest BCUT2D eigenvalue weighted by Crippen LogP contribution is -2.40. The lowest BCUT2D eigenvalue weighted by Gasteiger charge is -2.21. The van der Waals surface area contributed by atoms with Crippen LogP contribution in [0.5, 0.6) is 0 Å². The van der Waals surface area contributed by atoms with E-state index in [2.05, 4.69) is 4.72 Å². The molecule has 1 atom stereocenters. The first kappa shape index (κ1) is 18.9. The van der Waals surface area contributed by atoms with E-state index < -0.39 is 27.9 Å². The van der Waals surface area contributed by atoms with E-state index in [4.69, 9.17) is 0 Å². The number of hydrogen-bond acceptors (Lipinski definition) is 4. The van der Waals surface area contributed by atoms with Crippen LogP contribution in [0.15, 0.2) is 53.4 Å². The van der Waals surface area contributed by atoms with Crippen LogP contribution in [0.1, 0.15) is 28.8 Å². The summed E-state index contributed by atoms with van der Waals surface area (Å²) in [5.41, 5.74) is 1.57. The highest BCUT2D eigenvalue weighted by atomic mass is 32.2. The number of likely N-dealkylation sites (tertiary alicyclic amines) is 1. The number of benzene rings is 2. The molecule has 8 heteroatoms. The fourth-order valence-corrected chi connectivity index (χ4v) is 4.17. The molecule has 0 bridgehead atoms. The van der Waals surface area contributed by atoms with Gasteiger partial charge in [0.2, 0.25) is 0 Å². The average molecular weight is 388 g/mol. The topological polar surface area (TPSA) is 104 Å². The van der Waals surface area contributed by atoms with Gasteiger partial charge >= 0.3 is 5.97 Å². The summed E-state index contributed by atoms with van der Waals surface area (Å²) in [6.45, 7) is 2.24. The van der Waals surface area contributed by atoms with Crippen molar-refractivity contribution in [2.24, 2.45) is 0 Å². The number of carbonyl (C=O) groups excluding carboxylic acids is 1. The van der Waals surface area contributed by atoms with Crippen LogP contribution in [0, 0.1) is 6.92 Å². The van der Waals surface area contributed by atoms with Gasteiger partial charge in [-0.1, -0.05) is 23.8 Å². The Kier molecular flexibility index (Phi) is 5.18. The molecule has 1 heterocycles. The van der Waals surface area contributed by atoms with Crippen LogP contribution in [-0.4, -0.2) is 42.9 Å². The van der Waals surface area contributed by atoms with E-state index in [-0.39, 0.29) is 10.5 Å². The van der Waals surface area contributed by atoms with E-state index in [0.29, 0.717) is 25.1 Å². The zero-order chi connectivity index (χ0) is 19.6. The van der Waals surface area contributed by atoms with Gasteiger partial charge in [-0.15, -0.1) is 0 Å². The van der Waals surface area contributed by atoms with E-state index >= 15 is 0 Å². The molecule has 2 aromatic carbocycles. The summed E-state index contributed by atoms with van der Waals surface area (Å²) in [5.74, 6) is -1.53. The van der Waals surface area contributed by atoms with Crippen molar-refractivity contribution in [1.82, 2.24) is 4.90 Å². The summed E-state index contributed by atoms with van der Waals surface area (Å²) in [6.07, 6.45) is 1.00. The predicted molar refractivity (Wildman–Crippen MR) is 100 cm³/mol. The Labute approximate surface area is 157 Å². The lowest BCUT2D eigenvalue weighted by atomic mass is 10.1. The molecular weight excluding hydrogens is 368 g/mol. The molecule has 27 heavy (non-hydrogen) atoms. The molecule has 0 saturated carbocycles. The third-order valence-corrected chi connectivity index (χ3v) is 5.87. The zero-order valence-electron chi connectivity index (χ0n) is 14.8. The fraction of sp³-hybridized carbons (Fsp3) is 0.263. The molecule has 0 radical (unpaired) electrons. The van der Waals surface area contributed by atoms with Gasteiger partial charge in [0.25, 0.3) is 15.9 Å². The van der Waals surface area contributed by atoms with Crippen LogP contribution in [0.4, 0.5) is 5.69 Å². The largest absolute Gasteiger partial charge is 0.480 e. The summed E-state index contributed by atoms with van der Waals surface area (Å²) in [6, 6.07) is 11.7. The van der Waals surface area contributed by atoms with E-state index in [1.165, 1.54) is 29.2 Å². The molecule has 7 nitrogen and oxygen atoms in total. The van der Waals surface area contributed by atoms with Crippen molar-refractivity contribution >= 4 is 27.6 Å². The van der Waals surface area contributed by atoms with E-state index in [1.807, 2.05) is 6.92 Å². The molecular formula is C19H20N2O5S. The Morgan fingerprint density at radius 3 is 2.52 bits per heavy atom. The van der Waals surface area contributed by atoms with Crippen molar-refractivity contribution in [3.8, 4) is 0 Å². The molecule has 1 aliphatic heterocycles. The summed E-state index contributed by atoms with van der Waals surface area (Å²) in [5, 5.41) is 9.25. The smallest absolute Gasteiger partial charge is 0.326 e. The number of nitrogens with zero attached hydrogens (tertiary/aromatic N) is 1. The molecule has 1 saturated heterocycles. The molecule has 0 spiro atoms. The Hall–Kier alpha value is -2.87. The summed E-state index contributed by atoms with van der Waals surface area (Å²) in [7, 11) is -3.87. The Morgan fingerprint density at radius 1 is 1.15 bits per heavy atom. The number of hydrogen-bond donors (Lipinski definition) is 2. The van der Waals surface area contributed by atoms with Crippen LogP contribution in [0.25, 0.3) is 0 Å². The van der Waals surface area contributed by atoms with E-state index in [1.54, 1.807) is 24.3 Å². The van der Waals surface area contributed by atoms with Crippen LogP contribution in [0.3, 0.4) is 0 Å². The third-order valence-electron chi connectivity index (χ3n) is 4.49. The van der Waals surface area contributed by atoms with Crippen molar-refractivity contribution in [3.05, 3.63) is 59.7 Å². The van der Waals surface area contributed by atoms with Gasteiger partial charge in [0.15, 0.2) is 0 Å². The number of rotatable bonds is 5. The Bertz CT molecular complexity index is 970. The van der Waals surface area contributed by atoms with Crippen LogP contribution >= 0.6 is 0 Å². The molecule has 1 fully saturated rings. The summed E-state index contributed by atoms with van der Waals surface area (Å²) < 4.78 is 27.7. The first-order chi connectivity index (χ1) is 12.8. The van der Waals surface area contributed by atoms with E-state index in [0.717, 1.165) is 5.56 Å². The van der Waals surface area contributed by atoms with Crippen LogP contribution < -0.4 is 4.72 Å². The van der Waals surface area contributed by atoms with Gasteiger partial charge < -0.3 is 10.0 Å². The van der Waals surface area contributed by atoms with Crippen molar-refractivity contribution in [2.75, 3.05) is 11.3 Å². The van der Waals surface area contributed by atoms with Gasteiger partial charge in [0, 0.05) is 17.8 Å². The molecule has 142 valence electrons. The second-order valence-corrected chi connectivity index (χ2v) is 8.18. The minimum atomic E-state index is -3.87. The highest BCUT2D eigenvalue weighted by molar-refractivity contribution is 7.92. The second kappa shape index (κ2) is 7.40. The number of anilines is 1. The van der Waals surface area contributed by atoms with Gasteiger partial charge in [-0.25, -0.2) is 13.2 Å². The van der Waals surface area contributed by atoms with Gasteiger partial charge in [0.05, 0.1) is 4.90 Å². The summed E-state index contributed by atoms with van der Waals surface area (Å²) in [4.78, 5) is 25.2. The van der Waals surface area contributed by atoms with Crippen molar-refractivity contribution < 1.29 is 23.1 Å². The van der Waals surface area contributed by atoms with Gasteiger partial charge in [0.1, 0.15) is 6.04 Å². The number of carboxylic acids is 1. The molecule has 1 aliphatic rings. The first-order valence-electron chi connectivity index (χ1n) is 8.51. The quantitative estimate of drug-likeness (QED) is 0.819. The maximum atomic E-state index is 12.7. The molecule has 1 amide bonds. The van der Waals surface area contributed by atoms with Gasteiger partial charge in [-0.3, -0.25) is 9.52 Å². The molecule has 0 unspecified atom stereocenters. The second-order valence-electron chi connectivity index (χ2n) is 6.49. The number of aliphatic carboxylic acids is 1. The monoisotopic (exact) mass is 388 g/mol. The number of aryl methyl sites for hydroxylation is 1. The molecule has 2 aromatic rings. The zero-order valence-corrected chi connectivity index (χ0v) is 15.6. The molecule has 3 rings (SSSR count). The first-order valence-corrected chi connectivity index (χ1v) is 9.99. The average Bonchev–Trinajstić information content (AvgIpc) is 3.13. The minimum Gasteiger partial charge on any atom is -0.480 e. The number of sulfonamides is 1. The molecule has 0 aromatic heterocycles. The SMILES string of the molecule is Cc1ccc(NS(=O)(=O)c2cccc(C(=O)N3CCC[C@@H]3C(=O)O)c2)cc1. The highest BCUT2D eigenvalue weighted by Crippen LogP contribution is 2.23. The lowest BCUT2D eigenvalue weighted by molar-refractivity contribution is -0.141. The summed E-state index contributed by atoms with van der Waals surface area (Å²) >= 11 is 0. The molecule has 0 aliphatic carbocycles. The number of nitrogens with one attached hydrogen (secondary N) is 1. The number of carboxylic acid groups (broad SMARTS) is 1. The van der Waals surface area contributed by atoms with Crippen molar-refractivity contribution in [2.45, 2.75) is 30.7 Å². The van der Waals surface area contributed by atoms with Crippen molar-refractivity contribution in [3.63, 3.8) is 0 Å². The van der Waals surface area contributed by atoms with Crippen molar-refractivity contribution in [1.29, 1.82) is 0 Å². The Balaban J connectivity index is 1.85. The maximum absolute atomic E-state index is 12.7. The highest BCUT2D eigenvalue weighted by Gasteiger charge is 2.34. The third kappa shape index (κ3) is 4.11. The van der Waals surface area contributed by atoms with Crippen LogP contribution in [-0.2, 0) is 14.8 Å². The number of carbonyl (C=O) groups is 2. The molecule has 2 N–H and O–H groups in total. The van der Waals surface area contributed by atoms with Gasteiger partial charge in [-0.05, 0) is 50.1 Å². The number of amides is 1.